The number of fused-ring (bicyclic) bond motifs is 1. The van der Waals surface area contributed by atoms with E-state index in [9.17, 15) is 5.11 Å². The van der Waals surface area contributed by atoms with E-state index in [2.05, 4.69) is 30.8 Å². The molecule has 0 saturated heterocycles. The maximum Gasteiger partial charge on any atom is 0.0617 e. The number of rotatable bonds is 4. The molecule has 0 spiro atoms. The second-order valence-corrected chi connectivity index (χ2v) is 4.66. The number of aliphatic hydroxyl groups excluding tert-OH is 1. The number of hydrogen-bond acceptors (Lipinski definition) is 1. The summed E-state index contributed by atoms with van der Waals surface area (Å²) >= 11 is 0. The highest BCUT2D eigenvalue weighted by Gasteiger charge is 2.08. The topological polar surface area (TPSA) is 20.2 Å². The van der Waals surface area contributed by atoms with E-state index in [0.29, 0.717) is 12.8 Å². The first-order chi connectivity index (χ1) is 8.16. The van der Waals surface area contributed by atoms with E-state index in [1.54, 1.807) is 0 Å². The van der Waals surface area contributed by atoms with Crippen LogP contribution in [0.1, 0.15) is 18.9 Å². The molecule has 2 aromatic carbocycles. The molecule has 0 saturated carbocycles. The van der Waals surface area contributed by atoms with E-state index in [1.807, 2.05) is 25.1 Å². The Morgan fingerprint density at radius 1 is 1.18 bits per heavy atom. The Hall–Kier alpha value is -1.60. The van der Waals surface area contributed by atoms with Crippen molar-refractivity contribution in [3.63, 3.8) is 0 Å². The van der Waals surface area contributed by atoms with Crippen molar-refractivity contribution in [1.82, 2.24) is 0 Å². The molecule has 0 bridgehead atoms. The first-order valence-electron chi connectivity index (χ1n) is 5.96. The molecular formula is C16H18O. The summed E-state index contributed by atoms with van der Waals surface area (Å²) in [6.45, 7) is 5.79. The van der Waals surface area contributed by atoms with Crippen LogP contribution in [-0.4, -0.2) is 11.2 Å². The molecule has 0 heterocycles. The van der Waals surface area contributed by atoms with Gasteiger partial charge in [-0.15, -0.1) is 6.58 Å². The summed E-state index contributed by atoms with van der Waals surface area (Å²) in [4.78, 5) is 0. The van der Waals surface area contributed by atoms with E-state index in [0.717, 1.165) is 5.57 Å². The molecule has 1 atom stereocenters. The third kappa shape index (κ3) is 2.95. The van der Waals surface area contributed by atoms with Crippen molar-refractivity contribution < 1.29 is 5.11 Å². The Morgan fingerprint density at radius 2 is 1.88 bits per heavy atom. The van der Waals surface area contributed by atoms with Crippen molar-refractivity contribution in [3.8, 4) is 0 Å². The molecule has 1 heteroatoms. The van der Waals surface area contributed by atoms with Crippen LogP contribution in [-0.2, 0) is 6.42 Å². The highest BCUT2D eigenvalue weighted by atomic mass is 16.3. The molecule has 0 aliphatic carbocycles. The molecule has 1 unspecified atom stereocenters. The fourth-order valence-corrected chi connectivity index (χ4v) is 2.20. The van der Waals surface area contributed by atoms with Gasteiger partial charge in [-0.2, -0.15) is 0 Å². The monoisotopic (exact) mass is 226 g/mol. The lowest BCUT2D eigenvalue weighted by Gasteiger charge is -2.12. The minimum atomic E-state index is -0.335. The lowest BCUT2D eigenvalue weighted by Crippen LogP contribution is -2.10. The van der Waals surface area contributed by atoms with E-state index in [1.165, 1.54) is 16.3 Å². The Balaban J connectivity index is 2.26. The number of hydrogen-bond donors (Lipinski definition) is 1. The van der Waals surface area contributed by atoms with Gasteiger partial charge in [-0.25, -0.2) is 0 Å². The maximum absolute atomic E-state index is 9.97. The zero-order valence-electron chi connectivity index (χ0n) is 10.2. The molecule has 1 N–H and O–H groups in total. The molecule has 2 rings (SSSR count). The van der Waals surface area contributed by atoms with Gasteiger partial charge in [0.05, 0.1) is 6.10 Å². The summed E-state index contributed by atoms with van der Waals surface area (Å²) in [6.07, 6.45) is 1.02. The average Bonchev–Trinajstić information content (AvgIpc) is 2.28. The Kier molecular flexibility index (Phi) is 3.60. The van der Waals surface area contributed by atoms with Crippen molar-refractivity contribution >= 4 is 10.8 Å². The third-order valence-electron chi connectivity index (χ3n) is 2.92. The van der Waals surface area contributed by atoms with E-state index >= 15 is 0 Å². The molecule has 0 radical (unpaired) electrons. The van der Waals surface area contributed by atoms with Crippen LogP contribution in [0.25, 0.3) is 10.8 Å². The minimum absolute atomic E-state index is 0.335. The summed E-state index contributed by atoms with van der Waals surface area (Å²) in [5.41, 5.74) is 2.23. The van der Waals surface area contributed by atoms with Crippen molar-refractivity contribution in [1.29, 1.82) is 0 Å². The Morgan fingerprint density at radius 3 is 2.65 bits per heavy atom. The summed E-state index contributed by atoms with van der Waals surface area (Å²) < 4.78 is 0. The van der Waals surface area contributed by atoms with Gasteiger partial charge in [0.2, 0.25) is 0 Å². The van der Waals surface area contributed by atoms with E-state index < -0.39 is 0 Å². The third-order valence-corrected chi connectivity index (χ3v) is 2.92. The first kappa shape index (κ1) is 11.9. The van der Waals surface area contributed by atoms with Gasteiger partial charge in [0.25, 0.3) is 0 Å². The standard InChI is InChI=1S/C16H18O/c1-12(2)10-15(17)11-14-8-5-7-13-6-3-4-9-16(13)14/h3-9,15,17H,1,10-11H2,2H3. The van der Waals surface area contributed by atoms with Crippen LogP contribution >= 0.6 is 0 Å². The van der Waals surface area contributed by atoms with Crippen LogP contribution in [0.5, 0.6) is 0 Å². The van der Waals surface area contributed by atoms with Gasteiger partial charge < -0.3 is 5.11 Å². The lowest BCUT2D eigenvalue weighted by molar-refractivity contribution is 0.176. The second-order valence-electron chi connectivity index (χ2n) is 4.66. The number of benzene rings is 2. The highest BCUT2D eigenvalue weighted by molar-refractivity contribution is 5.85. The predicted molar refractivity (Wildman–Crippen MR) is 73.1 cm³/mol. The zero-order valence-corrected chi connectivity index (χ0v) is 10.2. The summed E-state index contributed by atoms with van der Waals surface area (Å²) in [5.74, 6) is 0. The van der Waals surface area contributed by atoms with Gasteiger partial charge in [-0.05, 0) is 36.1 Å². The van der Waals surface area contributed by atoms with Gasteiger partial charge in [0, 0.05) is 0 Å². The van der Waals surface area contributed by atoms with Crippen LogP contribution in [0.2, 0.25) is 0 Å². The van der Waals surface area contributed by atoms with Crippen LogP contribution in [0.15, 0.2) is 54.6 Å². The van der Waals surface area contributed by atoms with E-state index in [-0.39, 0.29) is 6.10 Å². The van der Waals surface area contributed by atoms with Crippen LogP contribution in [0.3, 0.4) is 0 Å². The molecule has 0 amide bonds. The molecule has 0 aromatic heterocycles. The molecule has 2 aromatic rings. The summed E-state index contributed by atoms with van der Waals surface area (Å²) in [7, 11) is 0. The Bertz CT molecular complexity index is 523. The zero-order chi connectivity index (χ0) is 12.3. The molecule has 1 nitrogen and oxygen atoms in total. The quantitative estimate of drug-likeness (QED) is 0.788. The van der Waals surface area contributed by atoms with Crippen LogP contribution < -0.4 is 0 Å². The SMILES string of the molecule is C=C(C)CC(O)Cc1cccc2ccccc12. The summed E-state index contributed by atoms with van der Waals surface area (Å²) in [6, 6.07) is 14.5. The van der Waals surface area contributed by atoms with Gasteiger partial charge >= 0.3 is 0 Å². The fourth-order valence-electron chi connectivity index (χ4n) is 2.20. The minimum Gasteiger partial charge on any atom is -0.392 e. The first-order valence-corrected chi connectivity index (χ1v) is 5.96. The normalized spacial score (nSPS) is 12.6. The smallest absolute Gasteiger partial charge is 0.0617 e. The molecule has 88 valence electrons. The Labute approximate surface area is 102 Å². The van der Waals surface area contributed by atoms with Gasteiger partial charge in [-0.3, -0.25) is 0 Å². The molecular weight excluding hydrogens is 208 g/mol. The molecule has 0 aliphatic heterocycles. The molecule has 0 aliphatic rings. The van der Waals surface area contributed by atoms with Gasteiger partial charge in [-0.1, -0.05) is 48.0 Å². The van der Waals surface area contributed by atoms with Crippen LogP contribution in [0, 0.1) is 0 Å². The summed E-state index contributed by atoms with van der Waals surface area (Å²) in [5, 5.41) is 12.4. The lowest BCUT2D eigenvalue weighted by atomic mass is 9.97. The number of aliphatic hydroxyl groups is 1. The van der Waals surface area contributed by atoms with Gasteiger partial charge in [0.1, 0.15) is 0 Å². The van der Waals surface area contributed by atoms with Crippen molar-refractivity contribution in [3.05, 3.63) is 60.2 Å². The molecule has 0 fully saturated rings. The van der Waals surface area contributed by atoms with Crippen molar-refractivity contribution in [2.45, 2.75) is 25.9 Å². The van der Waals surface area contributed by atoms with Gasteiger partial charge in [0.15, 0.2) is 0 Å². The average molecular weight is 226 g/mol. The van der Waals surface area contributed by atoms with Crippen molar-refractivity contribution in [2.24, 2.45) is 0 Å². The fraction of sp³-hybridized carbons (Fsp3) is 0.250. The van der Waals surface area contributed by atoms with Crippen molar-refractivity contribution in [2.75, 3.05) is 0 Å². The predicted octanol–water partition coefficient (Wildman–Crippen LogP) is 3.71. The second kappa shape index (κ2) is 5.15. The van der Waals surface area contributed by atoms with Crippen LogP contribution in [0.4, 0.5) is 0 Å². The maximum atomic E-state index is 9.97. The van der Waals surface area contributed by atoms with E-state index in [4.69, 9.17) is 0 Å². The molecule has 17 heavy (non-hydrogen) atoms. The largest absolute Gasteiger partial charge is 0.392 e. The highest BCUT2D eigenvalue weighted by Crippen LogP contribution is 2.20.